The summed E-state index contributed by atoms with van der Waals surface area (Å²) >= 11 is 0. The topological polar surface area (TPSA) is 75.1 Å². The van der Waals surface area contributed by atoms with E-state index in [4.69, 9.17) is 9.47 Å². The molecule has 3 atom stereocenters. The zero-order valence-electron chi connectivity index (χ0n) is 21.0. The number of halogens is 2. The molecule has 0 spiro atoms. The lowest BCUT2D eigenvalue weighted by Gasteiger charge is -2.30. The number of phenolic OH excluding ortho intramolecular Hbond substituents is 2. The van der Waals surface area contributed by atoms with E-state index in [1.807, 2.05) is 6.07 Å². The Labute approximate surface area is 214 Å². The van der Waals surface area contributed by atoms with E-state index < -0.39 is 23.5 Å². The van der Waals surface area contributed by atoms with E-state index in [2.05, 4.69) is 23.7 Å². The van der Waals surface area contributed by atoms with E-state index in [0.29, 0.717) is 46.4 Å². The molecule has 3 aromatic rings. The third-order valence-electron chi connectivity index (χ3n) is 7.20. The summed E-state index contributed by atoms with van der Waals surface area (Å²) in [4.78, 5) is 7.00. The molecule has 2 aliphatic heterocycles. The van der Waals surface area contributed by atoms with Crippen molar-refractivity contribution in [1.82, 2.24) is 9.88 Å². The Balaban J connectivity index is 1.44. The molecule has 2 aliphatic rings. The quantitative estimate of drug-likeness (QED) is 0.429. The molecule has 2 aromatic carbocycles. The van der Waals surface area contributed by atoms with Crippen LogP contribution in [-0.2, 0) is 0 Å². The summed E-state index contributed by atoms with van der Waals surface area (Å²) in [5, 5.41) is 20.0. The largest absolute Gasteiger partial charge is 0.508 e. The molecule has 1 fully saturated rings. The summed E-state index contributed by atoms with van der Waals surface area (Å²) in [6.07, 6.45) is 2.07. The van der Waals surface area contributed by atoms with Crippen LogP contribution in [0.2, 0.25) is 0 Å². The number of fused-ring (bicyclic) bond motifs is 1. The van der Waals surface area contributed by atoms with Gasteiger partial charge in [-0.05, 0) is 86.3 Å². The summed E-state index contributed by atoms with van der Waals surface area (Å²) in [6.45, 7) is 8.92. The molecule has 3 unspecified atom stereocenters. The molecule has 1 aromatic heterocycles. The van der Waals surface area contributed by atoms with Crippen LogP contribution in [0.3, 0.4) is 0 Å². The molecule has 194 valence electrons. The second kappa shape index (κ2) is 10.0. The number of phenols is 2. The van der Waals surface area contributed by atoms with E-state index >= 15 is 0 Å². The molecule has 1 saturated heterocycles. The molecule has 6 nitrogen and oxygen atoms in total. The van der Waals surface area contributed by atoms with Crippen molar-refractivity contribution < 1.29 is 28.5 Å². The second-order valence-electron chi connectivity index (χ2n) is 9.98. The van der Waals surface area contributed by atoms with Crippen LogP contribution < -0.4 is 9.47 Å². The first-order valence-corrected chi connectivity index (χ1v) is 12.4. The van der Waals surface area contributed by atoms with Gasteiger partial charge in [0.15, 0.2) is 23.5 Å². The number of aromatic hydroxyl groups is 2. The predicted molar refractivity (Wildman–Crippen MR) is 137 cm³/mol. The number of hydrogen-bond acceptors (Lipinski definition) is 6. The van der Waals surface area contributed by atoms with E-state index in [1.165, 1.54) is 18.6 Å². The van der Waals surface area contributed by atoms with Gasteiger partial charge in [-0.25, -0.2) is 4.39 Å². The molecule has 2 N–H and O–H groups in total. The van der Waals surface area contributed by atoms with Crippen molar-refractivity contribution in [2.45, 2.75) is 39.3 Å². The van der Waals surface area contributed by atoms with Crippen LogP contribution in [0, 0.1) is 17.6 Å². The van der Waals surface area contributed by atoms with Crippen LogP contribution in [-0.4, -0.2) is 45.8 Å². The maximum absolute atomic E-state index is 14.3. The summed E-state index contributed by atoms with van der Waals surface area (Å²) in [5.41, 5.74) is 2.59. The Kier molecular flexibility index (Phi) is 6.77. The number of pyridine rings is 1. The number of ether oxygens (including phenoxy) is 2. The highest BCUT2D eigenvalue weighted by Crippen LogP contribution is 2.47. The zero-order valence-corrected chi connectivity index (χ0v) is 21.0. The zero-order chi connectivity index (χ0) is 26.3. The van der Waals surface area contributed by atoms with Gasteiger partial charge in [-0.1, -0.05) is 6.92 Å². The van der Waals surface area contributed by atoms with Gasteiger partial charge in [-0.2, -0.15) is 4.39 Å². The first-order valence-electron chi connectivity index (χ1n) is 12.4. The van der Waals surface area contributed by atoms with Crippen LogP contribution >= 0.6 is 0 Å². The van der Waals surface area contributed by atoms with E-state index in [-0.39, 0.29) is 17.4 Å². The minimum Gasteiger partial charge on any atom is -0.508 e. The summed E-state index contributed by atoms with van der Waals surface area (Å²) < 4.78 is 40.4. The molecule has 0 radical (unpaired) electrons. The number of allylic oxidation sites excluding steroid dienone is 1. The maximum Gasteiger partial charge on any atom is 0.200 e. The average Bonchev–Trinajstić information content (AvgIpc) is 3.32. The third kappa shape index (κ3) is 4.98. The Hall–Kier alpha value is -3.65. The first-order chi connectivity index (χ1) is 17.7. The summed E-state index contributed by atoms with van der Waals surface area (Å²) in [7, 11) is 0. The fourth-order valence-corrected chi connectivity index (χ4v) is 5.07. The number of aromatic nitrogens is 1. The first kappa shape index (κ1) is 25.0. The highest BCUT2D eigenvalue weighted by molar-refractivity contribution is 5.95. The average molecular weight is 509 g/mol. The highest BCUT2D eigenvalue weighted by Gasteiger charge is 2.32. The van der Waals surface area contributed by atoms with Crippen molar-refractivity contribution in [3.05, 3.63) is 77.1 Å². The van der Waals surface area contributed by atoms with E-state index in [9.17, 15) is 19.0 Å². The van der Waals surface area contributed by atoms with Gasteiger partial charge in [-0.3, -0.25) is 9.88 Å². The molecule has 0 amide bonds. The van der Waals surface area contributed by atoms with Gasteiger partial charge in [-0.15, -0.1) is 0 Å². The van der Waals surface area contributed by atoms with Gasteiger partial charge in [0, 0.05) is 23.7 Å². The van der Waals surface area contributed by atoms with Crippen molar-refractivity contribution in [1.29, 1.82) is 0 Å². The highest BCUT2D eigenvalue weighted by atomic mass is 19.2. The monoisotopic (exact) mass is 508 g/mol. The number of benzene rings is 2. The number of rotatable bonds is 6. The molecule has 3 heterocycles. The van der Waals surface area contributed by atoms with Crippen molar-refractivity contribution in [3.63, 3.8) is 0 Å². The van der Waals surface area contributed by atoms with E-state index in [1.54, 1.807) is 31.3 Å². The molecular formula is C29H30F2N2O4. The lowest BCUT2D eigenvalue weighted by Crippen LogP contribution is -2.35. The van der Waals surface area contributed by atoms with Crippen molar-refractivity contribution in [2.24, 2.45) is 5.92 Å². The fourth-order valence-electron chi connectivity index (χ4n) is 5.07. The summed E-state index contributed by atoms with van der Waals surface area (Å²) in [6, 6.07) is 10.8. The van der Waals surface area contributed by atoms with Crippen molar-refractivity contribution in [2.75, 3.05) is 19.7 Å². The molecule has 0 saturated carbocycles. The molecule has 0 bridgehead atoms. The van der Waals surface area contributed by atoms with Gasteiger partial charge < -0.3 is 19.7 Å². The Morgan fingerprint density at radius 3 is 2.65 bits per heavy atom. The standard InChI is InChI=1S/C29H30F2N2O4/c1-16-8-9-33(14-16)17(2)15-36-21-5-6-24(32-13-21)29-27(19-10-23(30)28(31)25(35)11-19)18(3)22-12-20(34)4-7-26(22)37-29/h4-7,10-13,16-17,29,34-35H,8-9,14-15H2,1-3H3. The maximum atomic E-state index is 14.3. The Morgan fingerprint density at radius 1 is 1.16 bits per heavy atom. The van der Waals surface area contributed by atoms with Gasteiger partial charge in [0.25, 0.3) is 0 Å². The van der Waals surface area contributed by atoms with Crippen LogP contribution in [0.4, 0.5) is 8.78 Å². The van der Waals surface area contributed by atoms with Crippen LogP contribution in [0.5, 0.6) is 23.0 Å². The van der Waals surface area contributed by atoms with E-state index in [0.717, 1.165) is 19.2 Å². The third-order valence-corrected chi connectivity index (χ3v) is 7.20. The van der Waals surface area contributed by atoms with Crippen LogP contribution in [0.15, 0.2) is 48.7 Å². The Bertz CT molecular complexity index is 1320. The normalized spacial score (nSPS) is 20.5. The van der Waals surface area contributed by atoms with Gasteiger partial charge in [0.05, 0.1) is 11.9 Å². The predicted octanol–water partition coefficient (Wildman–Crippen LogP) is 5.94. The lowest BCUT2D eigenvalue weighted by molar-refractivity contribution is 0.168. The molecule has 0 aliphatic carbocycles. The fraction of sp³-hybridized carbons (Fsp3) is 0.345. The van der Waals surface area contributed by atoms with Gasteiger partial charge in [0.2, 0.25) is 0 Å². The van der Waals surface area contributed by atoms with Crippen molar-refractivity contribution in [3.8, 4) is 23.0 Å². The van der Waals surface area contributed by atoms with Crippen LogP contribution in [0.25, 0.3) is 11.1 Å². The van der Waals surface area contributed by atoms with Gasteiger partial charge >= 0.3 is 0 Å². The molecule has 5 rings (SSSR count). The second-order valence-corrected chi connectivity index (χ2v) is 9.98. The molecule has 37 heavy (non-hydrogen) atoms. The number of nitrogens with zero attached hydrogens (tertiary/aromatic N) is 2. The van der Waals surface area contributed by atoms with Crippen LogP contribution in [0.1, 0.15) is 50.1 Å². The smallest absolute Gasteiger partial charge is 0.200 e. The van der Waals surface area contributed by atoms with Gasteiger partial charge in [0.1, 0.15) is 23.9 Å². The minimum absolute atomic E-state index is 0.0462. The number of hydrogen-bond donors (Lipinski definition) is 2. The molecular weight excluding hydrogens is 478 g/mol. The Morgan fingerprint density at radius 2 is 1.97 bits per heavy atom. The number of likely N-dealkylation sites (tertiary alicyclic amines) is 1. The lowest BCUT2D eigenvalue weighted by atomic mass is 9.87. The SMILES string of the molecule is CC1=C(c2cc(O)c(F)c(F)c2)C(c2ccc(OCC(C)N3CCC(C)C3)cn2)Oc2ccc(O)cc21. The van der Waals surface area contributed by atoms with Crippen molar-refractivity contribution >= 4 is 11.1 Å². The molecule has 8 heteroatoms. The minimum atomic E-state index is -1.31. The summed E-state index contributed by atoms with van der Waals surface area (Å²) in [5.74, 6) is -1.39.